The number of para-hydroxylation sites is 2. The third kappa shape index (κ3) is 17.8. The lowest BCUT2D eigenvalue weighted by molar-refractivity contribution is -0.654. The van der Waals surface area contributed by atoms with Crippen LogP contribution in [0.4, 0.5) is 0 Å². The van der Waals surface area contributed by atoms with Crippen molar-refractivity contribution in [2.45, 2.75) is 69.1 Å². The Bertz CT molecular complexity index is 8870. The molecule has 0 atom stereocenters. The first kappa shape index (κ1) is 87.5. The molecule has 23 heteroatoms. The fraction of sp³-hybridized carbons (Fsp3) is 0.164. The van der Waals surface area contributed by atoms with Crippen LogP contribution < -0.4 is 79.1 Å². The standard InChI is InChI=1S/2C25H25BN3O.C24H23BN3O.2C24H22BN2O/c1-16-14-28(4)22(13-21(16)19-9-7-6-8-10-19)26-24-23(17(2)15-29(26)5)20-12-11-18(3)27-25(20)30-24;1-16-13-22(28(4)15-21(16)19-9-7-6-8-10-19)26-24-23(17(2)14-29(26)5)20-12-11-18(3)27-25(20)30-24;1-16-14-22(27(3)15-21(16)18-8-6-5-7-9-18)25-23-19(12-13-28(25)4)20-11-10-17(2)26-24(20)29-23;1-17-16-27(3)25(24-23(17)20-11-7-8-12-21(20)28-24)22-15-19(13-14-26(22)2)18-9-5-4-6-10-18;1-17-16-26(2)23(15-21(17)18-9-5-4-6-10-18)25-24-20(13-14-27(25)3)19-11-7-8-12-22(19)28-24/h2*6-15H,1-5H3;5-15H,1-4H3;2*4-16H,1-3H3/q5*+1/i;;;2*1D3. The molecule has 20 aromatic rings. The fourth-order valence-corrected chi connectivity index (χ4v) is 21.7. The van der Waals surface area contributed by atoms with E-state index in [2.05, 4.69) is 355 Å². The van der Waals surface area contributed by atoms with Crippen LogP contribution in [0.25, 0.3) is 140 Å². The van der Waals surface area contributed by atoms with Crippen molar-refractivity contribution in [3.63, 3.8) is 0 Å². The number of pyridine rings is 8. The van der Waals surface area contributed by atoms with Crippen LogP contribution in [-0.2, 0) is 35.2 Å². The summed E-state index contributed by atoms with van der Waals surface area (Å²) in [7, 11) is 20.5. The van der Waals surface area contributed by atoms with Crippen molar-refractivity contribution < 1.29 is 53.1 Å². The third-order valence-corrected chi connectivity index (χ3v) is 28.8. The lowest BCUT2D eigenvalue weighted by Crippen LogP contribution is -2.65. The van der Waals surface area contributed by atoms with Crippen molar-refractivity contribution in [2.75, 3.05) is 35.2 Å². The number of hydrogen-bond donors (Lipinski definition) is 0. The van der Waals surface area contributed by atoms with Crippen LogP contribution in [0.2, 0.25) is 0 Å². The number of aromatic nitrogens is 8. The average Bonchev–Trinajstić information content (AvgIpc) is 1.60. The van der Waals surface area contributed by atoms with Gasteiger partial charge in [0.15, 0.2) is 59.0 Å². The molecule has 18 nitrogen and oxygen atoms in total. The van der Waals surface area contributed by atoms with E-state index >= 15 is 0 Å². The fourth-order valence-electron chi connectivity index (χ4n) is 21.7. The molecule has 0 saturated heterocycles. The molecule has 0 fully saturated rings. The molecule has 0 unspecified atom stereocenters. The van der Waals surface area contributed by atoms with E-state index in [1.165, 1.54) is 89.1 Å². The minimum atomic E-state index is -2.24. The van der Waals surface area contributed by atoms with Crippen LogP contribution in [0.3, 0.4) is 0 Å². The van der Waals surface area contributed by atoms with E-state index in [4.69, 9.17) is 30.3 Å². The molecular weight excluding hydrogens is 1780 g/mol. The van der Waals surface area contributed by atoms with E-state index in [0.717, 1.165) is 111 Å². The average molecular weight is 1910 g/mol. The largest absolute Gasteiger partial charge is 0.467 e. The number of aryl methyl sites for hydroxylation is 12. The van der Waals surface area contributed by atoms with Gasteiger partial charge in [-0.15, -0.1) is 0 Å². The summed E-state index contributed by atoms with van der Waals surface area (Å²) in [4.78, 5) is 24.6. The Balaban J connectivity index is 0.000000110. The van der Waals surface area contributed by atoms with Gasteiger partial charge in [0.2, 0.25) is 17.1 Å². The summed E-state index contributed by atoms with van der Waals surface area (Å²) >= 11 is 0. The Hall–Kier alpha value is -16.5. The topological polar surface area (TPSA) is 140 Å². The van der Waals surface area contributed by atoms with Crippen molar-refractivity contribution in [1.29, 1.82) is 0 Å². The lowest BCUT2D eigenvalue weighted by atomic mass is 9.51. The second kappa shape index (κ2) is 39.1. The first-order valence-electron chi connectivity index (χ1n) is 52.2. The predicted octanol–water partition coefficient (Wildman–Crippen LogP) is 16.2. The molecule has 7 aromatic carbocycles. The molecule has 0 N–H and O–H groups in total. The number of furan rings is 5. The molecule has 0 spiro atoms. The smallest absolute Gasteiger partial charge is 0.443 e. The van der Waals surface area contributed by atoms with E-state index in [9.17, 15) is 0 Å². The van der Waals surface area contributed by atoms with Gasteiger partial charge in [0.25, 0.3) is 0 Å². The number of hydrogen-bond acceptors (Lipinski definition) is 13. The van der Waals surface area contributed by atoms with E-state index < -0.39 is 13.7 Å². The molecule has 5 aliphatic heterocycles. The Labute approximate surface area is 858 Å². The highest BCUT2D eigenvalue weighted by Gasteiger charge is 2.47. The van der Waals surface area contributed by atoms with Crippen molar-refractivity contribution >= 4 is 175 Å². The van der Waals surface area contributed by atoms with E-state index in [1.807, 2.05) is 168 Å². The van der Waals surface area contributed by atoms with Crippen LogP contribution in [0.1, 0.15) is 96.1 Å². The molecule has 0 saturated carbocycles. The van der Waals surface area contributed by atoms with Crippen molar-refractivity contribution in [1.82, 2.24) is 39.0 Å². The zero-order chi connectivity index (χ0) is 106. The van der Waals surface area contributed by atoms with Gasteiger partial charge in [0, 0.05) is 139 Å². The van der Waals surface area contributed by atoms with Gasteiger partial charge >= 0.3 is 34.2 Å². The molecule has 0 radical (unpaired) electrons. The second-order valence-electron chi connectivity index (χ2n) is 39.0. The quantitative estimate of drug-likeness (QED) is 0.0948. The predicted molar refractivity (Wildman–Crippen MR) is 596 cm³/mol. The maximum atomic E-state index is 8.11. The summed E-state index contributed by atoms with van der Waals surface area (Å²) in [5.41, 5.74) is 39.8. The molecule has 145 heavy (non-hydrogen) atoms. The molecule has 0 bridgehead atoms. The number of fused-ring (bicyclic) bond motifs is 15. The zero-order valence-corrected chi connectivity index (χ0v) is 85.2. The number of rotatable bonds is 10. The Morgan fingerprint density at radius 2 is 0.607 bits per heavy atom. The molecule has 0 amide bonds. The number of nitrogens with zero attached hydrogens (tertiary/aromatic N) is 13. The summed E-state index contributed by atoms with van der Waals surface area (Å²) < 4.78 is 90.9. The Morgan fingerprint density at radius 3 is 1.08 bits per heavy atom. The van der Waals surface area contributed by atoms with Crippen molar-refractivity contribution in [2.24, 2.45) is 35.2 Å². The Morgan fingerprint density at radius 1 is 0.269 bits per heavy atom. The molecular formula is C122H117B5N13O5+5. The molecule has 5 aliphatic rings. The van der Waals surface area contributed by atoms with E-state index in [-0.39, 0.29) is 34.2 Å². The van der Waals surface area contributed by atoms with Crippen LogP contribution in [0.5, 0.6) is 0 Å². The van der Waals surface area contributed by atoms with Crippen molar-refractivity contribution in [3.05, 3.63) is 402 Å². The lowest BCUT2D eigenvalue weighted by Gasteiger charge is -2.26. The zero-order valence-electron chi connectivity index (χ0n) is 91.2. The minimum Gasteiger partial charge on any atom is -0.467 e. The SMILES string of the molecule is CC1=CN(C)B(c2cc(-c3ccccc3)c(C)c[n+]2C)c2oc3nc(C)ccc3c21.CC1=CN(C)B(c2cc(C)c(-c3ccccc3)c[n+]2C)c2oc3nc(C)ccc3c21.Cc1ccc2c3c(oc2n1)B(c1cc(C)c(-c2ccccc2)c[n+]1C)N(C)C=C3.[2H]C([2H])([2H])C1=CN(C)B(c2cc(-c3ccccc3)cc[n+]2C)c2oc3ccccc3c21.[2H]C([2H])([2H])c1c[n+](C)c(B2c3oc4ccccc4c3C=CN2C)cc1-c1ccccc1. The normalized spacial score (nSPS) is 14.2. The van der Waals surface area contributed by atoms with Gasteiger partial charge in [0.1, 0.15) is 74.7 Å². The summed E-state index contributed by atoms with van der Waals surface area (Å²) in [5.74, 6) is 0. The van der Waals surface area contributed by atoms with E-state index in [1.54, 1.807) is 12.4 Å². The van der Waals surface area contributed by atoms with Gasteiger partial charge in [-0.2, -0.15) is 0 Å². The molecule has 25 rings (SSSR count). The van der Waals surface area contributed by atoms with Gasteiger partial charge in [-0.3, -0.25) is 0 Å². The van der Waals surface area contributed by atoms with Gasteiger partial charge in [-0.05, 0) is 268 Å². The highest BCUT2D eigenvalue weighted by atomic mass is 16.4. The summed E-state index contributed by atoms with van der Waals surface area (Å²) in [6.07, 6.45) is 25.0. The van der Waals surface area contributed by atoms with Gasteiger partial charge in [-0.1, -0.05) is 188 Å². The van der Waals surface area contributed by atoms with Crippen LogP contribution in [0.15, 0.2) is 357 Å². The van der Waals surface area contributed by atoms with E-state index in [0.29, 0.717) is 50.6 Å². The summed E-state index contributed by atoms with van der Waals surface area (Å²) in [6.45, 7) is 11.9. The highest BCUT2D eigenvalue weighted by molar-refractivity contribution is 6.84. The third-order valence-electron chi connectivity index (χ3n) is 28.8. The summed E-state index contributed by atoms with van der Waals surface area (Å²) in [6, 6.07) is 92.8. The van der Waals surface area contributed by atoms with Crippen LogP contribution >= 0.6 is 0 Å². The first-order chi connectivity index (χ1) is 72.6. The van der Waals surface area contributed by atoms with Gasteiger partial charge < -0.3 is 46.1 Å². The van der Waals surface area contributed by atoms with Crippen LogP contribution in [0, 0.1) is 48.4 Å². The minimum absolute atomic E-state index is 0.00182. The maximum absolute atomic E-state index is 8.11. The van der Waals surface area contributed by atoms with Gasteiger partial charge in [0.05, 0.1) is 0 Å². The second-order valence-corrected chi connectivity index (χ2v) is 39.0. The molecule has 13 aromatic heterocycles. The molecule has 0 aliphatic carbocycles. The van der Waals surface area contributed by atoms with Crippen LogP contribution in [-0.4, -0.2) is 108 Å². The van der Waals surface area contributed by atoms with Gasteiger partial charge in [-0.25, -0.2) is 37.8 Å². The van der Waals surface area contributed by atoms with Crippen molar-refractivity contribution in [3.8, 4) is 55.6 Å². The monoisotopic (exact) mass is 1910 g/mol. The summed E-state index contributed by atoms with van der Waals surface area (Å²) in [5, 5.41) is 5.15. The Kier molecular flexibility index (Phi) is 23.6. The highest BCUT2D eigenvalue weighted by Crippen LogP contribution is 2.36. The number of benzene rings is 7. The molecule has 710 valence electrons. The number of allylic oxidation sites excluding steroid dienone is 3. The first-order valence-corrected chi connectivity index (χ1v) is 49.2. The maximum Gasteiger partial charge on any atom is 0.443 e. The molecule has 18 heterocycles.